The van der Waals surface area contributed by atoms with Gasteiger partial charge in [0.2, 0.25) is 0 Å². The lowest BCUT2D eigenvalue weighted by Crippen LogP contribution is -2.12. The molecular formula is C30H33N3O3. The molecule has 6 heteroatoms. The maximum atomic E-state index is 10.5. The second-order valence-electron chi connectivity index (χ2n) is 8.78. The molecule has 6 nitrogen and oxygen atoms in total. The molecule has 0 saturated carbocycles. The molecule has 0 radical (unpaired) electrons. The number of methoxy groups -OCH3 is 1. The fraction of sp³-hybridized carbons (Fsp3) is 0.300. The summed E-state index contributed by atoms with van der Waals surface area (Å²) in [5.41, 5.74) is 2.15. The van der Waals surface area contributed by atoms with E-state index in [0.29, 0.717) is 35.6 Å². The van der Waals surface area contributed by atoms with Crippen molar-refractivity contribution in [3.63, 3.8) is 0 Å². The molecule has 186 valence electrons. The Labute approximate surface area is 213 Å². The number of ether oxygens (including phenoxy) is 2. The summed E-state index contributed by atoms with van der Waals surface area (Å²) in [6.07, 6.45) is 4.61. The largest absolute Gasteiger partial charge is 0.507 e. The Morgan fingerprint density at radius 2 is 1.42 bits per heavy atom. The van der Waals surface area contributed by atoms with Crippen LogP contribution >= 0.6 is 0 Å². The van der Waals surface area contributed by atoms with Gasteiger partial charge in [0.15, 0.2) is 17.5 Å². The molecule has 0 spiro atoms. The van der Waals surface area contributed by atoms with Crippen LogP contribution < -0.4 is 9.47 Å². The molecule has 1 aromatic heterocycles. The van der Waals surface area contributed by atoms with Crippen molar-refractivity contribution in [1.29, 1.82) is 0 Å². The summed E-state index contributed by atoms with van der Waals surface area (Å²) in [5.74, 6) is 3.50. The monoisotopic (exact) mass is 483 g/mol. The average molecular weight is 484 g/mol. The van der Waals surface area contributed by atoms with Gasteiger partial charge in [0.05, 0.1) is 24.8 Å². The first-order valence-corrected chi connectivity index (χ1v) is 12.5. The van der Waals surface area contributed by atoms with Crippen LogP contribution in [0.4, 0.5) is 0 Å². The van der Waals surface area contributed by atoms with E-state index in [1.807, 2.05) is 54.6 Å². The minimum absolute atomic E-state index is 0.113. The molecule has 0 aliphatic carbocycles. The van der Waals surface area contributed by atoms with E-state index < -0.39 is 0 Å². The predicted octanol–water partition coefficient (Wildman–Crippen LogP) is 7.18. The summed E-state index contributed by atoms with van der Waals surface area (Å²) in [6.45, 7) is 5.07. The molecule has 0 aliphatic heterocycles. The van der Waals surface area contributed by atoms with E-state index in [1.165, 1.54) is 12.8 Å². The summed E-state index contributed by atoms with van der Waals surface area (Å²) >= 11 is 0. The molecule has 4 rings (SSSR count). The highest BCUT2D eigenvalue weighted by atomic mass is 16.5. The number of para-hydroxylation sites is 2. The van der Waals surface area contributed by atoms with Crippen molar-refractivity contribution in [3.05, 3.63) is 72.8 Å². The predicted molar refractivity (Wildman–Crippen MR) is 143 cm³/mol. The third-order valence-corrected chi connectivity index (χ3v) is 6.27. The van der Waals surface area contributed by atoms with Crippen LogP contribution in [0.1, 0.15) is 39.5 Å². The number of hydrogen-bond donors (Lipinski definition) is 1. The van der Waals surface area contributed by atoms with Crippen molar-refractivity contribution in [3.8, 4) is 51.4 Å². The smallest absolute Gasteiger partial charge is 0.167 e. The summed E-state index contributed by atoms with van der Waals surface area (Å²) in [6, 6.07) is 22.5. The molecule has 0 fully saturated rings. The van der Waals surface area contributed by atoms with Gasteiger partial charge < -0.3 is 14.6 Å². The molecule has 36 heavy (non-hydrogen) atoms. The Morgan fingerprint density at radius 1 is 0.778 bits per heavy atom. The highest BCUT2D eigenvalue weighted by molar-refractivity contribution is 5.72. The molecule has 0 amide bonds. The normalized spacial score (nSPS) is 11.8. The minimum Gasteiger partial charge on any atom is -0.507 e. The Hall–Kier alpha value is -3.93. The Kier molecular flexibility index (Phi) is 8.50. The third-order valence-electron chi connectivity index (χ3n) is 6.27. The molecule has 3 aromatic carbocycles. The molecule has 0 bridgehead atoms. The van der Waals surface area contributed by atoms with E-state index >= 15 is 0 Å². The van der Waals surface area contributed by atoms with Crippen molar-refractivity contribution < 1.29 is 14.6 Å². The van der Waals surface area contributed by atoms with Crippen LogP contribution in [0.15, 0.2) is 72.8 Å². The molecule has 0 saturated heterocycles. The third kappa shape index (κ3) is 6.00. The maximum Gasteiger partial charge on any atom is 0.167 e. The zero-order valence-electron chi connectivity index (χ0n) is 21.1. The second kappa shape index (κ2) is 12.2. The van der Waals surface area contributed by atoms with Crippen LogP contribution in [0.25, 0.3) is 34.2 Å². The van der Waals surface area contributed by atoms with Gasteiger partial charge in [0.1, 0.15) is 17.2 Å². The number of rotatable bonds is 11. The fourth-order valence-corrected chi connectivity index (χ4v) is 4.03. The number of phenolic OH excluding ortho intramolecular Hbond substituents is 1. The van der Waals surface area contributed by atoms with Gasteiger partial charge in [-0.15, -0.1) is 0 Å². The Balaban J connectivity index is 1.77. The molecule has 1 unspecified atom stereocenters. The van der Waals surface area contributed by atoms with Crippen LogP contribution in [-0.2, 0) is 0 Å². The van der Waals surface area contributed by atoms with Crippen molar-refractivity contribution in [2.75, 3.05) is 13.7 Å². The fourth-order valence-electron chi connectivity index (χ4n) is 4.03. The first-order valence-electron chi connectivity index (χ1n) is 12.5. The number of nitrogens with zero attached hydrogens (tertiary/aromatic N) is 3. The Bertz CT molecular complexity index is 1270. The number of benzene rings is 3. The second-order valence-corrected chi connectivity index (χ2v) is 8.78. The van der Waals surface area contributed by atoms with E-state index in [-0.39, 0.29) is 5.75 Å². The maximum absolute atomic E-state index is 10.5. The SMILES string of the molecule is CCCCC(CC)COc1ccccc1-c1nc(-c2ccc(OC)cc2)nc(-c2ccccc2O)n1. The van der Waals surface area contributed by atoms with Crippen molar-refractivity contribution in [2.24, 2.45) is 5.92 Å². The lowest BCUT2D eigenvalue weighted by molar-refractivity contribution is 0.234. The van der Waals surface area contributed by atoms with Crippen LogP contribution in [0.5, 0.6) is 17.2 Å². The number of unbranched alkanes of at least 4 members (excludes halogenated alkanes) is 1. The topological polar surface area (TPSA) is 77.4 Å². The number of phenols is 1. The zero-order valence-corrected chi connectivity index (χ0v) is 21.1. The van der Waals surface area contributed by atoms with Crippen molar-refractivity contribution in [1.82, 2.24) is 15.0 Å². The molecular weight excluding hydrogens is 450 g/mol. The van der Waals surface area contributed by atoms with Gasteiger partial charge in [-0.25, -0.2) is 15.0 Å². The quantitative estimate of drug-likeness (QED) is 0.243. The van der Waals surface area contributed by atoms with E-state index in [4.69, 9.17) is 24.4 Å². The summed E-state index contributed by atoms with van der Waals surface area (Å²) in [4.78, 5) is 14.3. The minimum atomic E-state index is 0.113. The molecule has 1 heterocycles. The van der Waals surface area contributed by atoms with Gasteiger partial charge in [-0.1, -0.05) is 57.4 Å². The number of aromatic nitrogens is 3. The highest BCUT2D eigenvalue weighted by Gasteiger charge is 2.17. The highest BCUT2D eigenvalue weighted by Crippen LogP contribution is 2.33. The first-order chi connectivity index (χ1) is 17.6. The zero-order chi connectivity index (χ0) is 25.3. The number of hydrogen-bond acceptors (Lipinski definition) is 6. The Morgan fingerprint density at radius 3 is 2.08 bits per heavy atom. The lowest BCUT2D eigenvalue weighted by atomic mass is 10.0. The summed E-state index contributed by atoms with van der Waals surface area (Å²) < 4.78 is 11.6. The van der Waals surface area contributed by atoms with Gasteiger partial charge >= 0.3 is 0 Å². The van der Waals surface area contributed by atoms with E-state index in [0.717, 1.165) is 35.5 Å². The van der Waals surface area contributed by atoms with E-state index in [9.17, 15) is 5.11 Å². The van der Waals surface area contributed by atoms with Crippen molar-refractivity contribution >= 4 is 0 Å². The van der Waals surface area contributed by atoms with Gasteiger partial charge in [0, 0.05) is 5.56 Å². The van der Waals surface area contributed by atoms with Crippen LogP contribution in [0, 0.1) is 5.92 Å². The molecule has 1 atom stereocenters. The van der Waals surface area contributed by atoms with Crippen LogP contribution in [-0.4, -0.2) is 33.8 Å². The average Bonchev–Trinajstić information content (AvgIpc) is 2.93. The van der Waals surface area contributed by atoms with Gasteiger partial charge in [-0.2, -0.15) is 0 Å². The molecule has 1 N–H and O–H groups in total. The van der Waals surface area contributed by atoms with E-state index in [2.05, 4.69) is 13.8 Å². The van der Waals surface area contributed by atoms with Crippen LogP contribution in [0.2, 0.25) is 0 Å². The first kappa shape index (κ1) is 25.2. The standard InChI is InChI=1S/C30H33N3O3/c1-4-6-11-21(5-2)20-36-27-15-10-8-13-25(27)30-32-28(22-16-18-23(35-3)19-17-22)31-29(33-30)24-12-7-9-14-26(24)34/h7-10,12-19,21,34H,4-6,11,20H2,1-3H3. The summed E-state index contributed by atoms with van der Waals surface area (Å²) in [5, 5.41) is 10.5. The van der Waals surface area contributed by atoms with Gasteiger partial charge in [0.25, 0.3) is 0 Å². The molecule has 4 aromatic rings. The lowest BCUT2D eigenvalue weighted by Gasteiger charge is -2.17. The van der Waals surface area contributed by atoms with Crippen molar-refractivity contribution in [2.45, 2.75) is 39.5 Å². The van der Waals surface area contributed by atoms with E-state index in [1.54, 1.807) is 25.3 Å². The number of aromatic hydroxyl groups is 1. The molecule has 0 aliphatic rings. The van der Waals surface area contributed by atoms with Gasteiger partial charge in [-0.05, 0) is 60.9 Å². The van der Waals surface area contributed by atoms with Gasteiger partial charge in [-0.3, -0.25) is 0 Å². The summed E-state index contributed by atoms with van der Waals surface area (Å²) in [7, 11) is 1.63. The van der Waals surface area contributed by atoms with Crippen LogP contribution in [0.3, 0.4) is 0 Å².